The van der Waals surface area contributed by atoms with Crippen molar-refractivity contribution in [1.82, 2.24) is 9.80 Å². The molecule has 4 heteroatoms. The van der Waals surface area contributed by atoms with Crippen LogP contribution in [0.5, 0.6) is 0 Å². The third-order valence-electron chi connectivity index (χ3n) is 4.51. The van der Waals surface area contributed by atoms with Crippen LogP contribution in [0.15, 0.2) is 0 Å². The number of carbonyl (C=O) groups is 1. The van der Waals surface area contributed by atoms with Gasteiger partial charge in [0.2, 0.25) is 0 Å². The van der Waals surface area contributed by atoms with Gasteiger partial charge < -0.3 is 10.0 Å². The van der Waals surface area contributed by atoms with Gasteiger partial charge in [-0.2, -0.15) is 0 Å². The summed E-state index contributed by atoms with van der Waals surface area (Å²) in [5.74, 6) is -0.627. The minimum Gasteiger partial charge on any atom is -0.480 e. The Balaban J connectivity index is 1.95. The van der Waals surface area contributed by atoms with Crippen molar-refractivity contribution >= 4 is 5.97 Å². The molecule has 0 aromatic rings. The van der Waals surface area contributed by atoms with E-state index in [4.69, 9.17) is 0 Å². The molecule has 2 atom stereocenters. The molecule has 0 aliphatic carbocycles. The fourth-order valence-electron chi connectivity index (χ4n) is 3.44. The van der Waals surface area contributed by atoms with Crippen molar-refractivity contribution < 1.29 is 9.90 Å². The van der Waals surface area contributed by atoms with Crippen LogP contribution in [0.1, 0.15) is 46.0 Å². The van der Waals surface area contributed by atoms with E-state index in [1.165, 1.54) is 13.0 Å². The second-order valence-corrected chi connectivity index (χ2v) is 5.95. The predicted molar refractivity (Wildman–Crippen MR) is 71.7 cm³/mol. The van der Waals surface area contributed by atoms with Crippen molar-refractivity contribution in [2.24, 2.45) is 0 Å². The highest BCUT2D eigenvalue weighted by Crippen LogP contribution is 2.26. The van der Waals surface area contributed by atoms with Gasteiger partial charge in [0.05, 0.1) is 0 Å². The molecule has 2 aliphatic heterocycles. The van der Waals surface area contributed by atoms with Gasteiger partial charge in [-0.3, -0.25) is 9.69 Å². The first-order valence-corrected chi connectivity index (χ1v) is 7.32. The summed E-state index contributed by atoms with van der Waals surface area (Å²) in [7, 11) is 0. The van der Waals surface area contributed by atoms with Crippen molar-refractivity contribution in [3.63, 3.8) is 0 Å². The summed E-state index contributed by atoms with van der Waals surface area (Å²) >= 11 is 0. The first-order valence-electron chi connectivity index (χ1n) is 7.32. The van der Waals surface area contributed by atoms with Crippen LogP contribution in [0, 0.1) is 0 Å². The van der Waals surface area contributed by atoms with Crippen molar-refractivity contribution in [1.29, 1.82) is 0 Å². The lowest BCUT2D eigenvalue weighted by molar-refractivity contribution is -0.143. The Kier molecular flexibility index (Phi) is 4.62. The van der Waals surface area contributed by atoms with Crippen molar-refractivity contribution in [2.45, 2.75) is 64.1 Å². The van der Waals surface area contributed by atoms with Gasteiger partial charge in [0.25, 0.3) is 0 Å². The molecular weight excluding hydrogens is 228 g/mol. The van der Waals surface area contributed by atoms with Crippen molar-refractivity contribution in [2.75, 3.05) is 19.6 Å². The van der Waals surface area contributed by atoms with Gasteiger partial charge in [-0.05, 0) is 65.6 Å². The number of hydrogen-bond donors (Lipinski definition) is 1. The standard InChI is InChI=1S/C14H26N2O2/c1-11(2)15-8-3-5-12(7-10-15)16-9-4-6-13(16)14(17)18/h11-13H,3-10H2,1-2H3,(H,17,18). The van der Waals surface area contributed by atoms with Gasteiger partial charge in [0.1, 0.15) is 6.04 Å². The van der Waals surface area contributed by atoms with Crippen LogP contribution in [0.25, 0.3) is 0 Å². The molecule has 2 saturated heterocycles. The Bertz CT molecular complexity index is 294. The number of aliphatic carboxylic acids is 1. The maximum atomic E-state index is 11.3. The molecule has 1 N–H and O–H groups in total. The fourth-order valence-corrected chi connectivity index (χ4v) is 3.44. The maximum Gasteiger partial charge on any atom is 0.320 e. The van der Waals surface area contributed by atoms with E-state index in [9.17, 15) is 9.90 Å². The van der Waals surface area contributed by atoms with Crippen LogP contribution in [-0.4, -0.2) is 58.6 Å². The smallest absolute Gasteiger partial charge is 0.320 e. The molecule has 2 fully saturated rings. The zero-order valence-electron chi connectivity index (χ0n) is 11.6. The molecule has 2 aliphatic rings. The summed E-state index contributed by atoms with van der Waals surface area (Å²) in [5.41, 5.74) is 0. The summed E-state index contributed by atoms with van der Waals surface area (Å²) in [6.45, 7) is 7.75. The average Bonchev–Trinajstić information content (AvgIpc) is 2.67. The van der Waals surface area contributed by atoms with Gasteiger partial charge in [0.15, 0.2) is 0 Å². The van der Waals surface area contributed by atoms with Crippen LogP contribution in [-0.2, 0) is 4.79 Å². The lowest BCUT2D eigenvalue weighted by Crippen LogP contribution is -2.43. The molecule has 0 aromatic heterocycles. The molecule has 4 nitrogen and oxygen atoms in total. The van der Waals surface area contributed by atoms with Gasteiger partial charge in [0, 0.05) is 12.1 Å². The zero-order valence-corrected chi connectivity index (χ0v) is 11.6. The molecule has 0 spiro atoms. The molecule has 18 heavy (non-hydrogen) atoms. The number of carboxylic acid groups (broad SMARTS) is 1. The van der Waals surface area contributed by atoms with Crippen LogP contribution in [0.2, 0.25) is 0 Å². The minimum atomic E-state index is -0.627. The average molecular weight is 254 g/mol. The Morgan fingerprint density at radius 2 is 1.83 bits per heavy atom. The van der Waals surface area contributed by atoms with E-state index < -0.39 is 5.97 Å². The normalized spacial score (nSPS) is 31.7. The van der Waals surface area contributed by atoms with Crippen LogP contribution < -0.4 is 0 Å². The highest BCUT2D eigenvalue weighted by atomic mass is 16.4. The zero-order chi connectivity index (χ0) is 13.1. The molecule has 0 saturated carbocycles. The Labute approximate surface area is 110 Å². The number of hydrogen-bond acceptors (Lipinski definition) is 3. The first-order chi connectivity index (χ1) is 8.59. The van der Waals surface area contributed by atoms with Crippen molar-refractivity contribution in [3.8, 4) is 0 Å². The summed E-state index contributed by atoms with van der Waals surface area (Å²) in [6.07, 6.45) is 5.36. The fraction of sp³-hybridized carbons (Fsp3) is 0.929. The monoisotopic (exact) mass is 254 g/mol. The van der Waals surface area contributed by atoms with E-state index in [0.29, 0.717) is 12.1 Å². The molecule has 2 unspecified atom stereocenters. The Morgan fingerprint density at radius 1 is 1.11 bits per heavy atom. The summed E-state index contributed by atoms with van der Waals surface area (Å²) in [4.78, 5) is 16.0. The summed E-state index contributed by atoms with van der Waals surface area (Å²) in [5, 5.41) is 9.27. The second-order valence-electron chi connectivity index (χ2n) is 5.95. The molecule has 2 heterocycles. The summed E-state index contributed by atoms with van der Waals surface area (Å²) in [6, 6.07) is 0.871. The van der Waals surface area contributed by atoms with Crippen molar-refractivity contribution in [3.05, 3.63) is 0 Å². The van der Waals surface area contributed by atoms with E-state index in [1.807, 2.05) is 0 Å². The first kappa shape index (κ1) is 13.8. The molecular formula is C14H26N2O2. The number of rotatable bonds is 3. The molecule has 0 aromatic carbocycles. The second kappa shape index (κ2) is 6.02. The number of carboxylic acids is 1. The van der Waals surface area contributed by atoms with Gasteiger partial charge in [-0.1, -0.05) is 0 Å². The Morgan fingerprint density at radius 3 is 2.50 bits per heavy atom. The van der Waals surface area contributed by atoms with E-state index >= 15 is 0 Å². The third-order valence-corrected chi connectivity index (χ3v) is 4.51. The highest BCUT2D eigenvalue weighted by molar-refractivity contribution is 5.73. The van der Waals surface area contributed by atoms with E-state index in [2.05, 4.69) is 23.6 Å². The number of likely N-dealkylation sites (tertiary alicyclic amines) is 2. The van der Waals surface area contributed by atoms with Gasteiger partial charge in [-0.15, -0.1) is 0 Å². The molecule has 0 amide bonds. The minimum absolute atomic E-state index is 0.222. The molecule has 104 valence electrons. The Hall–Kier alpha value is -0.610. The van der Waals surface area contributed by atoms with Crippen LogP contribution >= 0.6 is 0 Å². The van der Waals surface area contributed by atoms with E-state index in [1.54, 1.807) is 0 Å². The lowest BCUT2D eigenvalue weighted by Gasteiger charge is -2.30. The van der Waals surface area contributed by atoms with Crippen LogP contribution in [0.4, 0.5) is 0 Å². The van der Waals surface area contributed by atoms with E-state index in [0.717, 1.165) is 38.8 Å². The lowest BCUT2D eigenvalue weighted by atomic mass is 10.1. The van der Waals surface area contributed by atoms with E-state index in [-0.39, 0.29) is 6.04 Å². The summed E-state index contributed by atoms with van der Waals surface area (Å²) < 4.78 is 0. The maximum absolute atomic E-state index is 11.3. The van der Waals surface area contributed by atoms with Gasteiger partial charge >= 0.3 is 5.97 Å². The molecule has 0 bridgehead atoms. The van der Waals surface area contributed by atoms with Gasteiger partial charge in [-0.25, -0.2) is 0 Å². The van der Waals surface area contributed by atoms with Crippen LogP contribution in [0.3, 0.4) is 0 Å². The largest absolute Gasteiger partial charge is 0.480 e. The topological polar surface area (TPSA) is 43.8 Å². The highest BCUT2D eigenvalue weighted by Gasteiger charge is 2.35. The number of nitrogens with zero attached hydrogens (tertiary/aromatic N) is 2. The quantitative estimate of drug-likeness (QED) is 0.834. The molecule has 2 rings (SSSR count). The third kappa shape index (κ3) is 3.04. The predicted octanol–water partition coefficient (Wildman–Crippen LogP) is 1.80. The molecule has 0 radical (unpaired) electrons. The SMILES string of the molecule is CC(C)N1CCCC(N2CCCC2C(=O)O)CC1.